The molecule has 4 N–H and O–H groups in total. The van der Waals surface area contributed by atoms with E-state index in [-0.39, 0.29) is 21.7 Å². The molecule has 0 saturated heterocycles. The normalized spacial score (nSPS) is 13.6. The van der Waals surface area contributed by atoms with Gasteiger partial charge in [0.1, 0.15) is 5.82 Å². The maximum atomic E-state index is 13.1. The fraction of sp³-hybridized carbons (Fsp3) is 0.400. The van der Waals surface area contributed by atoms with Gasteiger partial charge in [-0.25, -0.2) is 17.5 Å². The van der Waals surface area contributed by atoms with Crippen molar-refractivity contribution < 1.29 is 17.9 Å². The Hall–Kier alpha value is -0.700. The summed E-state index contributed by atoms with van der Waals surface area (Å²) in [7, 11) is -3.86. The van der Waals surface area contributed by atoms with Crippen molar-refractivity contribution in [1.29, 1.82) is 0 Å². The van der Waals surface area contributed by atoms with Crippen molar-refractivity contribution in [2.75, 3.05) is 12.3 Å². The molecule has 102 valence electrons. The molecule has 1 rings (SSSR count). The van der Waals surface area contributed by atoms with Gasteiger partial charge in [0.15, 0.2) is 0 Å². The molecule has 0 fully saturated rings. The summed E-state index contributed by atoms with van der Waals surface area (Å²) in [5.41, 5.74) is 5.09. The van der Waals surface area contributed by atoms with Crippen LogP contribution in [0.2, 0.25) is 0 Å². The van der Waals surface area contributed by atoms with E-state index >= 15 is 0 Å². The Kier molecular flexibility index (Phi) is 5.09. The first-order valence-corrected chi connectivity index (χ1v) is 7.47. The van der Waals surface area contributed by atoms with Crippen molar-refractivity contribution in [3.05, 3.63) is 22.4 Å². The molecule has 0 saturated carbocycles. The molecule has 0 bridgehead atoms. The van der Waals surface area contributed by atoms with E-state index in [2.05, 4.69) is 20.7 Å². The van der Waals surface area contributed by atoms with Crippen LogP contribution < -0.4 is 10.5 Å². The highest BCUT2D eigenvalue weighted by Crippen LogP contribution is 2.26. The van der Waals surface area contributed by atoms with Gasteiger partial charge in [0.25, 0.3) is 0 Å². The second-order valence-corrected chi connectivity index (χ2v) is 6.25. The number of aliphatic hydroxyl groups is 1. The third-order valence-corrected chi connectivity index (χ3v) is 4.85. The van der Waals surface area contributed by atoms with E-state index in [4.69, 9.17) is 10.8 Å². The molecule has 8 heteroatoms. The molecule has 1 aromatic rings. The fourth-order valence-electron chi connectivity index (χ4n) is 1.28. The monoisotopic (exact) mass is 340 g/mol. The lowest BCUT2D eigenvalue weighted by Gasteiger charge is -2.15. The number of halogens is 2. The van der Waals surface area contributed by atoms with Crippen molar-refractivity contribution >= 4 is 31.6 Å². The van der Waals surface area contributed by atoms with Gasteiger partial charge in [-0.15, -0.1) is 0 Å². The van der Waals surface area contributed by atoms with Crippen LogP contribution in [0.15, 0.2) is 21.5 Å². The quantitative estimate of drug-likeness (QED) is 0.702. The van der Waals surface area contributed by atoms with E-state index in [1.807, 2.05) is 0 Å². The highest BCUT2D eigenvalue weighted by atomic mass is 79.9. The van der Waals surface area contributed by atoms with Gasteiger partial charge >= 0.3 is 0 Å². The number of nitrogens with two attached hydrogens (primary N) is 1. The van der Waals surface area contributed by atoms with Crippen LogP contribution in [0.4, 0.5) is 10.1 Å². The summed E-state index contributed by atoms with van der Waals surface area (Å²) >= 11 is 2.97. The first kappa shape index (κ1) is 15.4. The lowest BCUT2D eigenvalue weighted by atomic mass is 10.3. The SMILES string of the molecule is CCC(CO)NS(=O)(=O)c1cc(N)c(F)cc1Br. The molecule has 0 aromatic heterocycles. The van der Waals surface area contributed by atoms with E-state index in [1.54, 1.807) is 6.92 Å². The predicted molar refractivity (Wildman–Crippen MR) is 70.0 cm³/mol. The molecule has 0 spiro atoms. The van der Waals surface area contributed by atoms with Gasteiger partial charge in [-0.1, -0.05) is 6.92 Å². The number of anilines is 1. The second-order valence-electron chi connectivity index (χ2n) is 3.71. The number of hydrogen-bond acceptors (Lipinski definition) is 4. The van der Waals surface area contributed by atoms with Gasteiger partial charge in [-0.3, -0.25) is 0 Å². The van der Waals surface area contributed by atoms with Gasteiger partial charge < -0.3 is 10.8 Å². The molecular formula is C10H14BrFN2O3S. The average molecular weight is 341 g/mol. The number of aliphatic hydroxyl groups excluding tert-OH is 1. The predicted octanol–water partition coefficient (Wildman–Crippen LogP) is 1.22. The van der Waals surface area contributed by atoms with Gasteiger partial charge in [-0.2, -0.15) is 0 Å². The molecule has 5 nitrogen and oxygen atoms in total. The summed E-state index contributed by atoms with van der Waals surface area (Å²) in [6, 6.07) is 1.43. The molecule has 1 unspecified atom stereocenters. The zero-order valence-electron chi connectivity index (χ0n) is 9.65. The molecule has 0 aliphatic carbocycles. The molecular weight excluding hydrogens is 327 g/mol. The number of benzene rings is 1. The third kappa shape index (κ3) is 3.41. The Morgan fingerprint density at radius 2 is 2.17 bits per heavy atom. The Morgan fingerprint density at radius 1 is 1.56 bits per heavy atom. The van der Waals surface area contributed by atoms with Crippen LogP contribution in [0.1, 0.15) is 13.3 Å². The lowest BCUT2D eigenvalue weighted by molar-refractivity contribution is 0.254. The molecule has 0 heterocycles. The smallest absolute Gasteiger partial charge is 0.242 e. The fourth-order valence-corrected chi connectivity index (χ4v) is 3.64. The standard InChI is InChI=1S/C10H14BrFN2O3S/c1-2-6(5-15)14-18(16,17)10-4-9(13)8(12)3-7(10)11/h3-4,6,14-15H,2,5,13H2,1H3. The van der Waals surface area contributed by atoms with Crippen LogP contribution >= 0.6 is 15.9 Å². The summed E-state index contributed by atoms with van der Waals surface area (Å²) in [5.74, 6) is -0.699. The van der Waals surface area contributed by atoms with Crippen LogP contribution in [-0.4, -0.2) is 26.2 Å². The molecule has 1 aromatic carbocycles. The maximum Gasteiger partial charge on any atom is 0.242 e. The summed E-state index contributed by atoms with van der Waals surface area (Å²) in [6.45, 7) is 1.42. The van der Waals surface area contributed by atoms with Crippen molar-refractivity contribution in [3.8, 4) is 0 Å². The zero-order valence-corrected chi connectivity index (χ0v) is 12.1. The summed E-state index contributed by atoms with van der Waals surface area (Å²) in [4.78, 5) is -0.159. The zero-order chi connectivity index (χ0) is 13.9. The van der Waals surface area contributed by atoms with Crippen LogP contribution in [0.25, 0.3) is 0 Å². The topological polar surface area (TPSA) is 92.4 Å². The maximum absolute atomic E-state index is 13.1. The van der Waals surface area contributed by atoms with Crippen LogP contribution in [0.3, 0.4) is 0 Å². The van der Waals surface area contributed by atoms with Crippen molar-refractivity contribution in [2.45, 2.75) is 24.3 Å². The number of hydrogen-bond donors (Lipinski definition) is 3. The van der Waals surface area contributed by atoms with Crippen LogP contribution in [0, 0.1) is 5.82 Å². The lowest BCUT2D eigenvalue weighted by Crippen LogP contribution is -2.37. The minimum absolute atomic E-state index is 0.0782. The highest BCUT2D eigenvalue weighted by Gasteiger charge is 2.22. The molecule has 1 atom stereocenters. The molecule has 0 radical (unpaired) electrons. The highest BCUT2D eigenvalue weighted by molar-refractivity contribution is 9.10. The number of nitrogens with one attached hydrogen (secondary N) is 1. The molecule has 0 aliphatic rings. The minimum atomic E-state index is -3.86. The molecule has 0 amide bonds. The van der Waals surface area contributed by atoms with Crippen LogP contribution in [-0.2, 0) is 10.0 Å². The number of rotatable bonds is 5. The molecule has 0 aliphatic heterocycles. The first-order chi connectivity index (χ1) is 8.31. The Labute approximate surface area is 113 Å². The van der Waals surface area contributed by atoms with Gasteiger partial charge in [0.2, 0.25) is 10.0 Å². The minimum Gasteiger partial charge on any atom is -0.396 e. The average Bonchev–Trinajstić information content (AvgIpc) is 2.30. The first-order valence-electron chi connectivity index (χ1n) is 5.19. The Morgan fingerprint density at radius 3 is 2.67 bits per heavy atom. The summed E-state index contributed by atoms with van der Waals surface area (Å²) in [5, 5.41) is 8.98. The number of sulfonamides is 1. The Bertz CT molecular complexity index is 532. The van der Waals surface area contributed by atoms with E-state index in [9.17, 15) is 12.8 Å². The van der Waals surface area contributed by atoms with Gasteiger partial charge in [0, 0.05) is 10.5 Å². The van der Waals surface area contributed by atoms with E-state index in [1.165, 1.54) is 0 Å². The van der Waals surface area contributed by atoms with E-state index < -0.39 is 21.9 Å². The van der Waals surface area contributed by atoms with Crippen molar-refractivity contribution in [1.82, 2.24) is 4.72 Å². The molecule has 18 heavy (non-hydrogen) atoms. The second kappa shape index (κ2) is 5.96. The van der Waals surface area contributed by atoms with E-state index in [0.29, 0.717) is 6.42 Å². The van der Waals surface area contributed by atoms with Crippen LogP contribution in [0.5, 0.6) is 0 Å². The Balaban J connectivity index is 3.16. The summed E-state index contributed by atoms with van der Waals surface area (Å²) in [6.07, 6.45) is 0.435. The van der Waals surface area contributed by atoms with Crippen molar-refractivity contribution in [2.24, 2.45) is 0 Å². The number of nitrogen functional groups attached to an aromatic ring is 1. The van der Waals surface area contributed by atoms with Gasteiger partial charge in [-0.05, 0) is 34.5 Å². The summed E-state index contributed by atoms with van der Waals surface area (Å²) < 4.78 is 39.6. The third-order valence-electron chi connectivity index (χ3n) is 2.38. The van der Waals surface area contributed by atoms with Crippen molar-refractivity contribution in [3.63, 3.8) is 0 Å². The van der Waals surface area contributed by atoms with E-state index in [0.717, 1.165) is 12.1 Å². The largest absolute Gasteiger partial charge is 0.396 e. The van der Waals surface area contributed by atoms with Gasteiger partial charge in [0.05, 0.1) is 17.2 Å².